The second kappa shape index (κ2) is 8.81. The molecule has 0 unspecified atom stereocenters. The number of hydrogen-bond donors (Lipinski definition) is 1. The molecule has 0 aliphatic rings. The summed E-state index contributed by atoms with van der Waals surface area (Å²) in [6.07, 6.45) is 4.79. The molecule has 0 atom stereocenters. The van der Waals surface area contributed by atoms with Gasteiger partial charge in [0.25, 0.3) is 5.91 Å². The minimum atomic E-state index is -0.0124. The van der Waals surface area contributed by atoms with Crippen molar-refractivity contribution in [2.45, 2.75) is 19.5 Å². The Labute approximate surface area is 154 Å². The van der Waals surface area contributed by atoms with Crippen molar-refractivity contribution in [2.24, 2.45) is 0 Å². The molecule has 4 nitrogen and oxygen atoms in total. The van der Waals surface area contributed by atoms with Gasteiger partial charge >= 0.3 is 0 Å². The molecule has 0 fully saturated rings. The number of rotatable bonds is 7. The Morgan fingerprint density at radius 3 is 2.19 bits per heavy atom. The van der Waals surface area contributed by atoms with Crippen LogP contribution in [0.5, 0.6) is 5.75 Å². The van der Waals surface area contributed by atoms with E-state index in [1.54, 1.807) is 7.11 Å². The van der Waals surface area contributed by atoms with Crippen LogP contribution < -0.4 is 14.6 Å². The molecule has 0 radical (unpaired) electrons. The number of nitrogens with one attached hydrogen (secondary N) is 1. The van der Waals surface area contributed by atoms with Crippen LogP contribution in [-0.2, 0) is 24.3 Å². The molecular formula is C22H23N2O2+. The molecule has 1 N–H and O–H groups in total. The van der Waals surface area contributed by atoms with Crippen molar-refractivity contribution >= 4 is 5.91 Å². The second-order valence-corrected chi connectivity index (χ2v) is 6.17. The van der Waals surface area contributed by atoms with Gasteiger partial charge in [0.05, 0.1) is 7.11 Å². The third kappa shape index (κ3) is 5.18. The zero-order chi connectivity index (χ0) is 18.2. The number of ether oxygens (including phenoxy) is 1. The van der Waals surface area contributed by atoms with Crippen LogP contribution in [0.2, 0.25) is 0 Å². The van der Waals surface area contributed by atoms with E-state index in [9.17, 15) is 4.79 Å². The number of carbonyl (C=O) groups is 1. The highest BCUT2D eigenvalue weighted by Crippen LogP contribution is 2.11. The standard InChI is InChI=1S/C22H22N2O2/c1-26-21-9-7-20(8-10-21)16-23-22(25)17-24-13-11-19(12-14-24)15-18-5-3-2-4-6-18/h2-14H,15-17H2,1H3/p+1. The number of pyridine rings is 1. The second-order valence-electron chi connectivity index (χ2n) is 6.17. The topological polar surface area (TPSA) is 42.2 Å². The predicted octanol–water partition coefficient (Wildman–Crippen LogP) is 2.89. The highest BCUT2D eigenvalue weighted by atomic mass is 16.5. The average Bonchev–Trinajstić information content (AvgIpc) is 2.69. The third-order valence-corrected chi connectivity index (χ3v) is 4.19. The summed E-state index contributed by atoms with van der Waals surface area (Å²) in [4.78, 5) is 12.1. The van der Waals surface area contributed by atoms with Gasteiger partial charge in [-0.25, -0.2) is 0 Å². The Morgan fingerprint density at radius 1 is 0.885 bits per heavy atom. The van der Waals surface area contributed by atoms with Gasteiger partial charge in [-0.1, -0.05) is 42.5 Å². The SMILES string of the molecule is COc1ccc(CNC(=O)C[n+]2ccc(Cc3ccccc3)cc2)cc1. The summed E-state index contributed by atoms with van der Waals surface area (Å²) in [5.41, 5.74) is 3.55. The van der Waals surface area contributed by atoms with E-state index in [1.807, 2.05) is 59.4 Å². The van der Waals surface area contributed by atoms with Crippen molar-refractivity contribution < 1.29 is 14.1 Å². The molecule has 0 saturated heterocycles. The van der Waals surface area contributed by atoms with Gasteiger partial charge in [-0.15, -0.1) is 0 Å². The van der Waals surface area contributed by atoms with Gasteiger partial charge in [0.15, 0.2) is 12.4 Å². The number of nitrogens with zero attached hydrogens (tertiary/aromatic N) is 1. The van der Waals surface area contributed by atoms with Gasteiger partial charge in [0.1, 0.15) is 5.75 Å². The maximum Gasteiger partial charge on any atom is 0.286 e. The van der Waals surface area contributed by atoms with Crippen LogP contribution in [0.3, 0.4) is 0 Å². The minimum Gasteiger partial charge on any atom is -0.497 e. The fourth-order valence-electron chi connectivity index (χ4n) is 2.71. The van der Waals surface area contributed by atoms with Gasteiger partial charge in [-0.05, 0) is 35.2 Å². The van der Waals surface area contributed by atoms with E-state index in [-0.39, 0.29) is 5.91 Å². The van der Waals surface area contributed by atoms with E-state index in [1.165, 1.54) is 11.1 Å². The fraction of sp³-hybridized carbons (Fsp3) is 0.182. The summed E-state index contributed by atoms with van der Waals surface area (Å²) in [6, 6.07) is 22.2. The molecular weight excluding hydrogens is 324 g/mol. The lowest BCUT2D eigenvalue weighted by molar-refractivity contribution is -0.684. The lowest BCUT2D eigenvalue weighted by Gasteiger charge is -2.05. The van der Waals surface area contributed by atoms with Gasteiger partial charge in [-0.3, -0.25) is 4.79 Å². The monoisotopic (exact) mass is 347 g/mol. The highest BCUT2D eigenvalue weighted by Gasteiger charge is 2.09. The van der Waals surface area contributed by atoms with Crippen LogP contribution in [0.4, 0.5) is 0 Å². The van der Waals surface area contributed by atoms with Crippen molar-refractivity contribution in [3.05, 3.63) is 95.8 Å². The molecule has 132 valence electrons. The molecule has 26 heavy (non-hydrogen) atoms. The Balaban J connectivity index is 1.49. The maximum absolute atomic E-state index is 12.1. The average molecular weight is 347 g/mol. The van der Waals surface area contributed by atoms with Crippen molar-refractivity contribution in [3.63, 3.8) is 0 Å². The third-order valence-electron chi connectivity index (χ3n) is 4.19. The van der Waals surface area contributed by atoms with E-state index in [0.29, 0.717) is 13.1 Å². The van der Waals surface area contributed by atoms with E-state index in [4.69, 9.17) is 4.74 Å². The van der Waals surface area contributed by atoms with Crippen molar-refractivity contribution in [2.75, 3.05) is 7.11 Å². The van der Waals surface area contributed by atoms with Crippen LogP contribution in [0, 0.1) is 0 Å². The van der Waals surface area contributed by atoms with E-state index in [2.05, 4.69) is 29.6 Å². The first kappa shape index (κ1) is 17.7. The van der Waals surface area contributed by atoms with Crippen LogP contribution in [0.25, 0.3) is 0 Å². The van der Waals surface area contributed by atoms with Crippen molar-refractivity contribution in [1.82, 2.24) is 5.32 Å². The smallest absolute Gasteiger partial charge is 0.286 e. The molecule has 0 spiro atoms. The lowest BCUT2D eigenvalue weighted by atomic mass is 10.1. The van der Waals surface area contributed by atoms with Gasteiger partial charge < -0.3 is 10.1 Å². The number of hydrogen-bond acceptors (Lipinski definition) is 2. The molecule has 0 aliphatic carbocycles. The summed E-state index contributed by atoms with van der Waals surface area (Å²) in [5.74, 6) is 0.799. The Hall–Kier alpha value is -3.14. The molecule has 3 aromatic rings. The number of carbonyl (C=O) groups excluding carboxylic acids is 1. The first-order valence-electron chi connectivity index (χ1n) is 8.64. The first-order valence-corrected chi connectivity index (χ1v) is 8.64. The summed E-state index contributed by atoms with van der Waals surface area (Å²) >= 11 is 0. The molecule has 0 aliphatic heterocycles. The Morgan fingerprint density at radius 2 is 1.54 bits per heavy atom. The summed E-state index contributed by atoms with van der Waals surface area (Å²) in [6.45, 7) is 0.817. The van der Waals surface area contributed by atoms with E-state index in [0.717, 1.165) is 17.7 Å². The van der Waals surface area contributed by atoms with E-state index < -0.39 is 0 Å². The zero-order valence-electron chi connectivity index (χ0n) is 14.9. The number of aromatic nitrogens is 1. The molecule has 0 bridgehead atoms. The van der Waals surface area contributed by atoms with Crippen molar-refractivity contribution in [3.8, 4) is 5.75 Å². The Kier molecular flexibility index (Phi) is 5.99. The molecule has 3 rings (SSSR count). The Bertz CT molecular complexity index is 828. The van der Waals surface area contributed by atoms with Crippen LogP contribution in [0.15, 0.2) is 79.1 Å². The van der Waals surface area contributed by atoms with Gasteiger partial charge in [0, 0.05) is 18.7 Å². The van der Waals surface area contributed by atoms with E-state index >= 15 is 0 Å². The lowest BCUT2D eigenvalue weighted by Crippen LogP contribution is -2.42. The highest BCUT2D eigenvalue weighted by molar-refractivity contribution is 5.74. The molecule has 1 amide bonds. The summed E-state index contributed by atoms with van der Waals surface area (Å²) < 4.78 is 7.02. The number of amides is 1. The number of benzene rings is 2. The molecule has 1 aromatic heterocycles. The predicted molar refractivity (Wildman–Crippen MR) is 101 cm³/mol. The number of methoxy groups -OCH3 is 1. The summed E-state index contributed by atoms with van der Waals surface area (Å²) in [7, 11) is 1.64. The van der Waals surface area contributed by atoms with Crippen LogP contribution >= 0.6 is 0 Å². The van der Waals surface area contributed by atoms with Gasteiger partial charge in [-0.2, -0.15) is 4.57 Å². The molecule has 0 saturated carbocycles. The first-order chi connectivity index (χ1) is 12.7. The van der Waals surface area contributed by atoms with Crippen LogP contribution in [0.1, 0.15) is 16.7 Å². The largest absolute Gasteiger partial charge is 0.497 e. The zero-order valence-corrected chi connectivity index (χ0v) is 14.9. The minimum absolute atomic E-state index is 0.0124. The quantitative estimate of drug-likeness (QED) is 0.668. The maximum atomic E-state index is 12.1. The normalized spacial score (nSPS) is 10.3. The summed E-state index contributed by atoms with van der Waals surface area (Å²) in [5, 5.41) is 2.94. The van der Waals surface area contributed by atoms with Crippen LogP contribution in [-0.4, -0.2) is 13.0 Å². The molecule has 4 heteroatoms. The van der Waals surface area contributed by atoms with Gasteiger partial charge in [0.2, 0.25) is 6.54 Å². The molecule has 1 heterocycles. The fourth-order valence-corrected chi connectivity index (χ4v) is 2.71. The van der Waals surface area contributed by atoms with Crippen molar-refractivity contribution in [1.29, 1.82) is 0 Å². The molecule has 2 aromatic carbocycles.